The first-order chi connectivity index (χ1) is 18.0. The molecule has 0 aliphatic carbocycles. The molecule has 1 aromatic heterocycles. The summed E-state index contributed by atoms with van der Waals surface area (Å²) in [5.74, 6) is -1.12. The van der Waals surface area contributed by atoms with Crippen LogP contribution in [0.4, 0.5) is 5.69 Å². The number of rotatable bonds is 8. The highest BCUT2D eigenvalue weighted by Crippen LogP contribution is 2.16. The maximum absolute atomic E-state index is 13.1. The van der Waals surface area contributed by atoms with Crippen LogP contribution in [-0.4, -0.2) is 22.6 Å². The molecule has 0 fully saturated rings. The Balaban J connectivity index is 1.49. The van der Waals surface area contributed by atoms with Crippen molar-refractivity contribution in [3.8, 4) is 0 Å². The van der Waals surface area contributed by atoms with Crippen LogP contribution in [0.5, 0.6) is 0 Å². The van der Waals surface area contributed by atoms with Gasteiger partial charge in [-0.15, -0.1) is 0 Å². The number of anilines is 1. The van der Waals surface area contributed by atoms with Gasteiger partial charge in [-0.05, 0) is 84.0 Å². The van der Waals surface area contributed by atoms with Gasteiger partial charge in [0.25, 0.3) is 11.8 Å². The number of carbonyl (C=O) groups excluding carboxylic acids is 3. The Morgan fingerprint density at radius 3 is 2.16 bits per heavy atom. The lowest BCUT2D eigenvalue weighted by Crippen LogP contribution is -2.30. The van der Waals surface area contributed by atoms with Gasteiger partial charge >= 0.3 is 0 Å². The number of pyridine rings is 1. The zero-order chi connectivity index (χ0) is 26.0. The lowest BCUT2D eigenvalue weighted by Gasteiger charge is -2.12. The second kappa shape index (κ2) is 12.2. The lowest BCUT2D eigenvalue weighted by atomic mass is 10.1. The fraction of sp³-hybridized carbons (Fsp3) is 0. The molecule has 0 saturated carbocycles. The maximum atomic E-state index is 13.1. The smallest absolute Gasteiger partial charge is 0.272 e. The van der Waals surface area contributed by atoms with Crippen LogP contribution >= 0.6 is 11.6 Å². The maximum Gasteiger partial charge on any atom is 0.272 e. The van der Waals surface area contributed by atoms with Gasteiger partial charge in [0.2, 0.25) is 0 Å². The Labute approximate surface area is 219 Å². The van der Waals surface area contributed by atoms with Crippen molar-refractivity contribution in [3.05, 3.63) is 142 Å². The zero-order valence-corrected chi connectivity index (χ0v) is 20.4. The summed E-state index contributed by atoms with van der Waals surface area (Å²) in [6, 6.07) is 25.6. The van der Waals surface area contributed by atoms with E-state index in [4.69, 9.17) is 11.6 Å². The first-order valence-electron chi connectivity index (χ1n) is 11.4. The standard InChI is InChI=1S/C30H22ClN3O3/c31-25-13-8-21(9-14-25)19-27(34-29(36)24-6-2-1-3-7-24)30(37)33-26-15-11-23(12-16-26)28(35)17-10-22-5-4-18-32-20-22/h1-20H,(H,33,37)(H,34,36)/b17-10+,27-19-. The molecule has 0 unspecified atom stereocenters. The van der Waals surface area contributed by atoms with Crippen molar-refractivity contribution in [1.29, 1.82) is 0 Å². The minimum absolute atomic E-state index is 0.0516. The van der Waals surface area contributed by atoms with Crippen molar-refractivity contribution in [2.45, 2.75) is 0 Å². The molecule has 37 heavy (non-hydrogen) atoms. The van der Waals surface area contributed by atoms with Crippen LogP contribution in [0, 0.1) is 0 Å². The van der Waals surface area contributed by atoms with Crippen LogP contribution in [-0.2, 0) is 4.79 Å². The van der Waals surface area contributed by atoms with Crippen molar-refractivity contribution >= 4 is 47.0 Å². The highest BCUT2D eigenvalue weighted by atomic mass is 35.5. The second-order valence-corrected chi connectivity index (χ2v) is 8.38. The quantitative estimate of drug-likeness (QED) is 0.225. The Morgan fingerprint density at radius 2 is 1.49 bits per heavy atom. The monoisotopic (exact) mass is 507 g/mol. The first-order valence-corrected chi connectivity index (χ1v) is 11.7. The van der Waals surface area contributed by atoms with E-state index in [0.29, 0.717) is 27.4 Å². The molecule has 0 aliphatic heterocycles. The average Bonchev–Trinajstić information content (AvgIpc) is 2.94. The summed E-state index contributed by atoms with van der Waals surface area (Å²) in [5.41, 5.74) is 2.90. The Hall–Kier alpha value is -4.81. The summed E-state index contributed by atoms with van der Waals surface area (Å²) in [7, 11) is 0. The van der Waals surface area contributed by atoms with Crippen LogP contribution < -0.4 is 10.6 Å². The summed E-state index contributed by atoms with van der Waals surface area (Å²) in [4.78, 5) is 42.4. The molecule has 0 radical (unpaired) electrons. The number of ketones is 1. The molecule has 2 amide bonds. The zero-order valence-electron chi connectivity index (χ0n) is 19.6. The largest absolute Gasteiger partial charge is 0.321 e. The number of nitrogens with one attached hydrogen (secondary N) is 2. The van der Waals surface area contributed by atoms with Gasteiger partial charge in [0.1, 0.15) is 5.70 Å². The minimum atomic E-state index is -0.519. The van der Waals surface area contributed by atoms with Gasteiger partial charge in [-0.25, -0.2) is 0 Å². The van der Waals surface area contributed by atoms with Crippen molar-refractivity contribution < 1.29 is 14.4 Å². The number of hydrogen-bond acceptors (Lipinski definition) is 4. The van der Waals surface area contributed by atoms with Crippen LogP contribution in [0.25, 0.3) is 12.2 Å². The fourth-order valence-corrected chi connectivity index (χ4v) is 3.45. The van der Waals surface area contributed by atoms with Gasteiger partial charge < -0.3 is 10.6 Å². The molecule has 0 aliphatic rings. The summed E-state index contributed by atoms with van der Waals surface area (Å²) in [5, 5.41) is 6.01. The number of hydrogen-bond donors (Lipinski definition) is 2. The minimum Gasteiger partial charge on any atom is -0.321 e. The van der Waals surface area contributed by atoms with E-state index >= 15 is 0 Å². The third kappa shape index (κ3) is 7.34. The van der Waals surface area contributed by atoms with E-state index in [-0.39, 0.29) is 11.5 Å². The van der Waals surface area contributed by atoms with Crippen LogP contribution in [0.2, 0.25) is 5.02 Å². The molecule has 2 N–H and O–H groups in total. The van der Waals surface area contributed by atoms with E-state index in [2.05, 4.69) is 15.6 Å². The lowest BCUT2D eigenvalue weighted by molar-refractivity contribution is -0.113. The molecular weight excluding hydrogens is 486 g/mol. The second-order valence-electron chi connectivity index (χ2n) is 7.95. The van der Waals surface area contributed by atoms with E-state index < -0.39 is 11.8 Å². The highest BCUT2D eigenvalue weighted by Gasteiger charge is 2.15. The summed E-state index contributed by atoms with van der Waals surface area (Å²) < 4.78 is 0. The van der Waals surface area contributed by atoms with E-state index in [1.165, 1.54) is 6.08 Å². The Morgan fingerprint density at radius 1 is 0.757 bits per heavy atom. The van der Waals surface area contributed by atoms with Crippen molar-refractivity contribution in [2.75, 3.05) is 5.32 Å². The summed E-state index contributed by atoms with van der Waals surface area (Å²) in [6.45, 7) is 0. The van der Waals surface area contributed by atoms with Crippen molar-refractivity contribution in [2.24, 2.45) is 0 Å². The number of allylic oxidation sites excluding steroid dienone is 1. The van der Waals surface area contributed by atoms with E-state index in [1.807, 2.05) is 6.07 Å². The molecule has 4 aromatic rings. The Bertz CT molecular complexity index is 1450. The van der Waals surface area contributed by atoms with Gasteiger partial charge in [0.05, 0.1) is 0 Å². The number of amides is 2. The Kier molecular flexibility index (Phi) is 8.37. The topological polar surface area (TPSA) is 88.2 Å². The number of carbonyl (C=O) groups is 3. The third-order valence-electron chi connectivity index (χ3n) is 5.25. The molecular formula is C30H22ClN3O3. The third-order valence-corrected chi connectivity index (χ3v) is 5.50. The SMILES string of the molecule is O=C(Nc1ccc(C(=O)/C=C/c2cccnc2)cc1)/C(=C/c1ccc(Cl)cc1)NC(=O)c1ccccc1. The number of benzene rings is 3. The van der Waals surface area contributed by atoms with Gasteiger partial charge in [0, 0.05) is 34.2 Å². The summed E-state index contributed by atoms with van der Waals surface area (Å²) >= 11 is 5.97. The molecule has 7 heteroatoms. The molecule has 182 valence electrons. The van der Waals surface area contributed by atoms with Crippen LogP contribution in [0.1, 0.15) is 31.8 Å². The van der Waals surface area contributed by atoms with Gasteiger partial charge in [0.15, 0.2) is 5.78 Å². The predicted octanol–water partition coefficient (Wildman–Crippen LogP) is 6.04. The molecule has 0 saturated heterocycles. The van der Waals surface area contributed by atoms with Crippen molar-refractivity contribution in [3.63, 3.8) is 0 Å². The van der Waals surface area contributed by atoms with Crippen molar-refractivity contribution in [1.82, 2.24) is 10.3 Å². The molecule has 4 rings (SSSR count). The molecule has 6 nitrogen and oxygen atoms in total. The molecule has 1 heterocycles. The number of halogens is 1. The molecule has 0 spiro atoms. The van der Waals surface area contributed by atoms with E-state index in [1.54, 1.807) is 109 Å². The van der Waals surface area contributed by atoms with Gasteiger partial charge in [-0.1, -0.05) is 48.0 Å². The van der Waals surface area contributed by atoms with Gasteiger partial charge in [-0.3, -0.25) is 19.4 Å². The van der Waals surface area contributed by atoms with Gasteiger partial charge in [-0.2, -0.15) is 0 Å². The molecule has 0 atom stereocenters. The average molecular weight is 508 g/mol. The first kappa shape index (κ1) is 25.3. The van der Waals surface area contributed by atoms with Crippen LogP contribution in [0.15, 0.2) is 115 Å². The highest BCUT2D eigenvalue weighted by molar-refractivity contribution is 6.30. The van der Waals surface area contributed by atoms with E-state index in [9.17, 15) is 14.4 Å². The normalized spacial score (nSPS) is 11.2. The fourth-order valence-electron chi connectivity index (χ4n) is 3.33. The predicted molar refractivity (Wildman–Crippen MR) is 146 cm³/mol. The summed E-state index contributed by atoms with van der Waals surface area (Å²) in [6.07, 6.45) is 8.04. The van der Waals surface area contributed by atoms with E-state index in [0.717, 1.165) is 5.56 Å². The molecule has 0 bridgehead atoms. The van der Waals surface area contributed by atoms with Crippen LogP contribution in [0.3, 0.4) is 0 Å². The number of nitrogens with zero attached hydrogens (tertiary/aromatic N) is 1. The number of aromatic nitrogens is 1. The molecule has 3 aromatic carbocycles.